The first-order valence-corrected chi connectivity index (χ1v) is 22.2. The molecule has 0 aromatic heterocycles. The minimum absolute atomic E-state index is 0.0433. The van der Waals surface area contributed by atoms with Crippen molar-refractivity contribution < 1.29 is 33.5 Å². The van der Waals surface area contributed by atoms with E-state index in [1.807, 2.05) is 35.3 Å². The van der Waals surface area contributed by atoms with Gasteiger partial charge in [0, 0.05) is 81.0 Å². The van der Waals surface area contributed by atoms with E-state index >= 15 is 0 Å². The van der Waals surface area contributed by atoms with Crippen molar-refractivity contribution in [3.05, 3.63) is 0 Å². The summed E-state index contributed by atoms with van der Waals surface area (Å²) in [7, 11) is 1.73. The second kappa shape index (κ2) is 40.6. The number of thioether (sulfide) groups is 5. The van der Waals surface area contributed by atoms with Crippen molar-refractivity contribution >= 4 is 58.8 Å². The van der Waals surface area contributed by atoms with Crippen LogP contribution < -0.4 is 0 Å². The smallest absolute Gasteiger partial charge is 0.0922 e. The summed E-state index contributed by atoms with van der Waals surface area (Å²) in [4.78, 5) is 4.99. The highest BCUT2D eigenvalue weighted by Crippen LogP contribution is 2.10. The molecular formula is C30H64N2O7S5. The summed E-state index contributed by atoms with van der Waals surface area (Å²) in [6.45, 7) is 12.1. The van der Waals surface area contributed by atoms with Crippen LogP contribution in [0.1, 0.15) is 12.8 Å². The van der Waals surface area contributed by atoms with Gasteiger partial charge in [0.15, 0.2) is 0 Å². The minimum Gasteiger partial charge on any atom is -0.394 e. The Hall–Kier alpha value is 1.39. The zero-order chi connectivity index (χ0) is 32.0. The van der Waals surface area contributed by atoms with E-state index in [-0.39, 0.29) is 6.61 Å². The lowest BCUT2D eigenvalue weighted by Crippen LogP contribution is -2.33. The number of hydrogen-bond acceptors (Lipinski definition) is 14. The van der Waals surface area contributed by atoms with Gasteiger partial charge in [0.05, 0.1) is 72.0 Å². The molecule has 9 nitrogen and oxygen atoms in total. The molecule has 0 saturated carbocycles. The van der Waals surface area contributed by atoms with Crippen LogP contribution in [-0.4, -0.2) is 193 Å². The molecule has 0 unspecified atom stereocenters. The van der Waals surface area contributed by atoms with Gasteiger partial charge in [-0.05, 0) is 37.7 Å². The third-order valence-corrected chi connectivity index (χ3v) is 10.8. The number of aliphatic hydroxyl groups is 1. The van der Waals surface area contributed by atoms with Crippen LogP contribution in [-0.2, 0) is 28.4 Å². The maximum atomic E-state index is 8.73. The largest absolute Gasteiger partial charge is 0.394 e. The highest BCUT2D eigenvalue weighted by atomic mass is 32.2. The van der Waals surface area contributed by atoms with Crippen LogP contribution >= 0.6 is 58.8 Å². The van der Waals surface area contributed by atoms with Gasteiger partial charge in [0.25, 0.3) is 0 Å². The van der Waals surface area contributed by atoms with Crippen LogP contribution in [0.5, 0.6) is 0 Å². The Balaban J connectivity index is 3.75. The first kappa shape index (κ1) is 45.4. The van der Waals surface area contributed by atoms with Gasteiger partial charge < -0.3 is 38.4 Å². The quantitative estimate of drug-likeness (QED) is 0.0734. The zero-order valence-corrected chi connectivity index (χ0v) is 32.0. The van der Waals surface area contributed by atoms with Crippen molar-refractivity contribution in [3.8, 4) is 0 Å². The fourth-order valence-corrected chi connectivity index (χ4v) is 7.91. The van der Waals surface area contributed by atoms with E-state index in [0.717, 1.165) is 44.4 Å². The van der Waals surface area contributed by atoms with Crippen LogP contribution in [0, 0.1) is 0 Å². The van der Waals surface area contributed by atoms with Gasteiger partial charge in [-0.2, -0.15) is 47.0 Å². The van der Waals surface area contributed by atoms with Crippen molar-refractivity contribution in [1.82, 2.24) is 9.80 Å². The average molecular weight is 725 g/mol. The normalized spacial score (nSPS) is 11.9. The summed E-state index contributed by atoms with van der Waals surface area (Å²) in [6.07, 6.45) is 6.57. The van der Waals surface area contributed by atoms with E-state index in [9.17, 15) is 0 Å². The van der Waals surface area contributed by atoms with Crippen LogP contribution in [0.25, 0.3) is 0 Å². The molecule has 0 aliphatic rings. The van der Waals surface area contributed by atoms with E-state index < -0.39 is 0 Å². The molecule has 0 atom stereocenters. The molecule has 0 aliphatic carbocycles. The number of aliphatic hydroxyl groups excluding tert-OH is 1. The second-order valence-electron chi connectivity index (χ2n) is 9.70. The Morgan fingerprint density at radius 3 is 1.50 bits per heavy atom. The first-order chi connectivity index (χ1) is 21.8. The summed E-state index contributed by atoms with van der Waals surface area (Å²) in [5, 5.41) is 8.73. The van der Waals surface area contributed by atoms with Crippen LogP contribution in [0.2, 0.25) is 0 Å². The highest BCUT2D eigenvalue weighted by molar-refractivity contribution is 8.03. The maximum absolute atomic E-state index is 8.73. The van der Waals surface area contributed by atoms with Gasteiger partial charge in [-0.3, -0.25) is 4.90 Å². The number of ether oxygens (including phenoxy) is 6. The third-order valence-electron chi connectivity index (χ3n) is 6.18. The number of rotatable bonds is 39. The fourth-order valence-electron chi connectivity index (χ4n) is 3.76. The van der Waals surface area contributed by atoms with Crippen molar-refractivity contribution in [2.45, 2.75) is 12.8 Å². The minimum atomic E-state index is 0.0433. The molecule has 0 bridgehead atoms. The molecule has 0 spiro atoms. The number of hydrogen-bond donors (Lipinski definition) is 1. The lowest BCUT2D eigenvalue weighted by molar-refractivity contribution is 0.00977. The van der Waals surface area contributed by atoms with Gasteiger partial charge >= 0.3 is 0 Å². The van der Waals surface area contributed by atoms with E-state index in [1.54, 1.807) is 7.11 Å². The highest BCUT2D eigenvalue weighted by Gasteiger charge is 2.07. The Labute approximate surface area is 291 Å². The van der Waals surface area contributed by atoms with Gasteiger partial charge in [-0.25, -0.2) is 0 Å². The van der Waals surface area contributed by atoms with Gasteiger partial charge in [-0.15, -0.1) is 11.8 Å². The van der Waals surface area contributed by atoms with Crippen LogP contribution in [0.15, 0.2) is 0 Å². The Bertz CT molecular complexity index is 526. The molecule has 1 N–H and O–H groups in total. The Kier molecular flexibility index (Phi) is 41.8. The van der Waals surface area contributed by atoms with Gasteiger partial charge in [0.2, 0.25) is 0 Å². The predicted molar refractivity (Wildman–Crippen MR) is 199 cm³/mol. The molecule has 266 valence electrons. The van der Waals surface area contributed by atoms with E-state index in [2.05, 4.69) is 45.8 Å². The Morgan fingerprint density at radius 2 is 0.955 bits per heavy atom. The summed E-state index contributed by atoms with van der Waals surface area (Å²) in [6, 6.07) is 0. The summed E-state index contributed by atoms with van der Waals surface area (Å²) in [5.41, 5.74) is 0. The summed E-state index contributed by atoms with van der Waals surface area (Å²) in [5.74, 6) is 9.37. The van der Waals surface area contributed by atoms with E-state index in [1.165, 1.54) is 60.6 Å². The topological polar surface area (TPSA) is 82.1 Å². The molecule has 0 aromatic rings. The molecule has 0 heterocycles. The molecule has 0 fully saturated rings. The Morgan fingerprint density at radius 1 is 0.455 bits per heavy atom. The number of nitrogens with zero attached hydrogens (tertiary/aromatic N) is 2. The molecule has 0 rings (SSSR count). The van der Waals surface area contributed by atoms with Crippen molar-refractivity contribution in [2.75, 3.05) is 178 Å². The average Bonchev–Trinajstić information content (AvgIpc) is 3.03. The predicted octanol–water partition coefficient (Wildman–Crippen LogP) is 3.98. The number of methoxy groups -OCH3 is 1. The van der Waals surface area contributed by atoms with E-state index in [0.29, 0.717) is 59.5 Å². The molecule has 0 amide bonds. The second-order valence-corrected chi connectivity index (χ2v) is 15.2. The van der Waals surface area contributed by atoms with Crippen molar-refractivity contribution in [2.24, 2.45) is 0 Å². The third kappa shape index (κ3) is 36.2. The maximum Gasteiger partial charge on any atom is 0.0922 e. The van der Waals surface area contributed by atoms with Crippen molar-refractivity contribution in [1.29, 1.82) is 0 Å². The van der Waals surface area contributed by atoms with E-state index in [4.69, 9.17) is 33.5 Å². The molecule has 14 heteroatoms. The first-order valence-electron chi connectivity index (χ1n) is 15.9. The lowest BCUT2D eigenvalue weighted by atomic mass is 10.4. The van der Waals surface area contributed by atoms with Crippen LogP contribution in [0.4, 0.5) is 0 Å². The summed E-state index contributed by atoms with van der Waals surface area (Å²) < 4.78 is 33.2. The van der Waals surface area contributed by atoms with Crippen molar-refractivity contribution in [3.63, 3.8) is 0 Å². The summed E-state index contributed by atoms with van der Waals surface area (Å²) >= 11 is 9.93. The van der Waals surface area contributed by atoms with Gasteiger partial charge in [0.1, 0.15) is 0 Å². The van der Waals surface area contributed by atoms with Gasteiger partial charge in [-0.1, -0.05) is 0 Å². The molecule has 0 aliphatic heterocycles. The lowest BCUT2D eigenvalue weighted by Gasteiger charge is -2.22. The SMILES string of the molecule is COCCCN(CCOCCOCCO)CCOCCOCCOCSCCCN(CCSCCSC)CCSCCSC. The molecule has 0 aromatic carbocycles. The standard InChI is InChI=1S/C30H64N2O7S5/c1-34-13-4-6-31(8-14-35-17-19-37-16-12-33)9-15-36-18-20-38-21-22-39-30-44-23-5-7-32(10-24-42-28-26-40-2)11-25-43-29-27-41-3/h33H,4-30H2,1-3H3. The fraction of sp³-hybridized carbons (Fsp3) is 1.00. The molecule has 44 heavy (non-hydrogen) atoms. The molecular weight excluding hydrogens is 661 g/mol. The zero-order valence-electron chi connectivity index (χ0n) is 27.9. The molecule has 0 radical (unpaired) electrons. The molecule has 0 saturated heterocycles. The van der Waals surface area contributed by atoms with Crippen LogP contribution in [0.3, 0.4) is 0 Å². The monoisotopic (exact) mass is 724 g/mol.